The Morgan fingerprint density at radius 1 is 0.462 bits per heavy atom. The highest BCUT2D eigenvalue weighted by molar-refractivity contribution is 7.93. The van der Waals surface area contributed by atoms with Crippen molar-refractivity contribution in [3.63, 3.8) is 0 Å². The zero-order chi connectivity index (χ0) is 96.7. The van der Waals surface area contributed by atoms with E-state index >= 15 is 0 Å². The van der Waals surface area contributed by atoms with Crippen LogP contribution in [0.25, 0.3) is 22.5 Å². The van der Waals surface area contributed by atoms with Gasteiger partial charge in [0, 0.05) is 48.0 Å². The quantitative estimate of drug-likeness (QED) is 0.0875. The van der Waals surface area contributed by atoms with E-state index in [0.29, 0.717) is 49.9 Å². The Hall–Kier alpha value is -9.54. The van der Waals surface area contributed by atoms with Gasteiger partial charge in [0.2, 0.25) is 0 Å². The molecule has 0 radical (unpaired) electrons. The zero-order valence-corrected chi connectivity index (χ0v) is 85.9. The summed E-state index contributed by atoms with van der Waals surface area (Å²) in [6, 6.07) is 70.4. The van der Waals surface area contributed by atoms with Crippen LogP contribution in [0.1, 0.15) is 295 Å². The van der Waals surface area contributed by atoms with Gasteiger partial charge in [-0.2, -0.15) is 20.1 Å². The van der Waals surface area contributed by atoms with Crippen LogP contribution in [0.3, 0.4) is 0 Å². The summed E-state index contributed by atoms with van der Waals surface area (Å²) < 4.78 is 112. The van der Waals surface area contributed by atoms with Gasteiger partial charge in [0.15, 0.2) is 50.8 Å². The lowest BCUT2D eigenvalue weighted by molar-refractivity contribution is -0.126. The number of fused-ring (bicyclic) bond motifs is 4. The maximum Gasteiger partial charge on any atom is 0.186 e. The second kappa shape index (κ2) is 49.1. The minimum Gasteiger partial charge on any atom is -0.490 e. The molecular weight excluding hydrogens is 1720 g/mol. The smallest absolute Gasteiger partial charge is 0.186 e. The standard InChI is InChI=1S/C19H20O.C18H22O2S.C14H19N3.C14H18N2.C14H20O2.C11H16O2S.C10H16O3S.C8H18O2S.3CH4/c1-19(2,3)18(20)12-17-15-10-6-4-8-13(15)14-9-5-7-11-16(14)17;1-18(2,3)21(19,20)14-17(15-10-6-4-7-11-15)16-12-8-5-9-13-16;1-11-13(10-14(2,3)4)16-17(15-11)12-8-6-5-7-9-12;1-14(2,3)11-12-5-7-13(8-6-12)16-10-4-9-15-16;1-14(2,3)10-11-5-6-12-13(9-11)16-8-4-7-15-12;1-9-5-7-10(8-6-9)14(12,13)11(2,3)4;1-7-6-13-8(2)9(7)14(11,12)10(3,4)5;1-5-6-7-11(9,10)8(2,3)4;;;/h4-11,17H,12H2,1-3H3;4-13,17H,14H2,1-3H3;5-9H,10H2,1-4H3;4-10H,11H2,1-3H3;5-6,9H,4,7-8,10H2,1-3H3;5-8H,1-4H3;6H,1-5H3;5-7H2,1-4H3;3*1H4. The van der Waals surface area contributed by atoms with Crippen molar-refractivity contribution in [1.82, 2.24) is 24.8 Å². The van der Waals surface area contributed by atoms with E-state index in [-0.39, 0.29) is 50.7 Å². The van der Waals surface area contributed by atoms with Gasteiger partial charge in [-0.25, -0.2) is 38.4 Å². The van der Waals surface area contributed by atoms with Gasteiger partial charge in [-0.1, -0.05) is 282 Å². The molecule has 4 heterocycles. The number of ether oxygens (including phenoxy) is 2. The van der Waals surface area contributed by atoms with Crippen molar-refractivity contribution >= 4 is 45.1 Å². The fourth-order valence-electron chi connectivity index (χ4n) is 13.7. The van der Waals surface area contributed by atoms with Crippen LogP contribution in [-0.2, 0) is 63.4 Å². The molecule has 0 saturated carbocycles. The Kier molecular flexibility index (Phi) is 43.4. The second-order valence-corrected chi connectivity index (χ2v) is 53.0. The fourth-order valence-corrected chi connectivity index (χ4v) is 19.0. The zero-order valence-electron chi connectivity index (χ0n) is 82.6. The number of rotatable bonds is 16. The maximum absolute atomic E-state index is 12.6. The molecule has 0 unspecified atom stereocenters. The number of hydrogen-bond donors (Lipinski definition) is 0. The average Bonchev–Trinajstić information content (AvgIpc) is 1.62. The number of hydrogen-bond acceptors (Lipinski definition) is 15. The van der Waals surface area contributed by atoms with E-state index in [0.717, 1.165) is 103 Å². The van der Waals surface area contributed by atoms with Crippen molar-refractivity contribution in [3.05, 3.63) is 293 Å². The van der Waals surface area contributed by atoms with E-state index in [4.69, 9.17) is 13.9 Å². The van der Waals surface area contributed by atoms with Crippen molar-refractivity contribution in [2.24, 2.45) is 21.7 Å². The summed E-state index contributed by atoms with van der Waals surface area (Å²) in [7, 11) is -12.5. The van der Waals surface area contributed by atoms with Gasteiger partial charge in [0.25, 0.3) is 0 Å². The first-order valence-corrected chi connectivity index (χ1v) is 51.2. The van der Waals surface area contributed by atoms with Crippen molar-refractivity contribution in [2.45, 2.75) is 309 Å². The van der Waals surface area contributed by atoms with Crippen LogP contribution < -0.4 is 9.47 Å². The van der Waals surface area contributed by atoms with E-state index in [9.17, 15) is 38.5 Å². The van der Waals surface area contributed by atoms with Crippen LogP contribution in [0, 0.1) is 49.4 Å². The van der Waals surface area contributed by atoms with Crippen molar-refractivity contribution in [1.29, 1.82) is 0 Å². The molecule has 0 atom stereocenters. The molecule has 1 aliphatic carbocycles. The van der Waals surface area contributed by atoms with Crippen molar-refractivity contribution < 1.29 is 52.4 Å². The third kappa shape index (κ3) is 35.4. The lowest BCUT2D eigenvalue weighted by atomic mass is 9.82. The van der Waals surface area contributed by atoms with E-state index in [1.165, 1.54) is 39.6 Å². The average molecular weight is 1890 g/mol. The first-order valence-electron chi connectivity index (χ1n) is 44.9. The van der Waals surface area contributed by atoms with E-state index in [2.05, 4.69) is 163 Å². The van der Waals surface area contributed by atoms with E-state index in [1.54, 1.807) is 120 Å². The van der Waals surface area contributed by atoms with Crippen LogP contribution in [-0.4, -0.2) is 108 Å². The third-order valence-corrected chi connectivity index (χ3v) is 32.1. The molecule has 0 amide bonds. The van der Waals surface area contributed by atoms with Gasteiger partial charge < -0.3 is 13.9 Å². The van der Waals surface area contributed by atoms with Crippen LogP contribution in [0.5, 0.6) is 11.5 Å². The highest BCUT2D eigenvalue weighted by Gasteiger charge is 2.38. The third-order valence-electron chi connectivity index (χ3n) is 21.5. The molecular formula is C111H161N5O12S4. The van der Waals surface area contributed by atoms with Gasteiger partial charge in [-0.05, 0) is 252 Å². The number of ketones is 1. The molecule has 132 heavy (non-hydrogen) atoms. The lowest BCUT2D eigenvalue weighted by Gasteiger charge is -2.24. The van der Waals surface area contributed by atoms with Crippen molar-refractivity contribution in [3.8, 4) is 34.0 Å². The number of Topliss-reactive ketones (excluding diaryl/α,β-unsaturated/α-hetero) is 1. The summed E-state index contributed by atoms with van der Waals surface area (Å²) in [6.07, 6.45) is 11.6. The van der Waals surface area contributed by atoms with Crippen LogP contribution in [0.2, 0.25) is 0 Å². The Labute approximate surface area is 798 Å². The summed E-state index contributed by atoms with van der Waals surface area (Å²) in [5.41, 5.74) is 16.5. The van der Waals surface area contributed by atoms with Gasteiger partial charge in [0.1, 0.15) is 16.4 Å². The molecule has 17 nitrogen and oxygen atoms in total. The number of carbonyl (C=O) groups excluding carboxylic acids is 1. The maximum atomic E-state index is 12.6. The molecule has 3 aromatic heterocycles. The van der Waals surface area contributed by atoms with Gasteiger partial charge in [-0.3, -0.25) is 4.79 Å². The number of para-hydroxylation sites is 1. The molecule has 0 bridgehead atoms. The summed E-state index contributed by atoms with van der Waals surface area (Å²) in [4.78, 5) is 14.9. The topological polar surface area (TPSA) is 234 Å². The number of aryl methyl sites for hydroxylation is 4. The van der Waals surface area contributed by atoms with Gasteiger partial charge in [0.05, 0.1) is 77.6 Å². The van der Waals surface area contributed by atoms with Crippen molar-refractivity contribution in [2.75, 3.05) is 24.7 Å². The first-order chi connectivity index (χ1) is 59.6. The molecule has 0 saturated heterocycles. The Balaban J connectivity index is 0.000000390. The predicted molar refractivity (Wildman–Crippen MR) is 554 cm³/mol. The first kappa shape index (κ1) is 117. The second-order valence-electron chi connectivity index (χ2n) is 42.0. The molecule has 21 heteroatoms. The number of carbonyl (C=O) groups is 1. The van der Waals surface area contributed by atoms with E-state index in [1.807, 2.05) is 168 Å². The Morgan fingerprint density at radius 3 is 1.33 bits per heavy atom. The predicted octanol–water partition coefficient (Wildman–Crippen LogP) is 27.8. The number of nitrogens with zero attached hydrogens (tertiary/aromatic N) is 5. The summed E-state index contributed by atoms with van der Waals surface area (Å²) in [5, 5.41) is 13.2. The Bertz CT molecular complexity index is 5710. The number of aromatic nitrogens is 5. The lowest BCUT2D eigenvalue weighted by Crippen LogP contribution is -2.33. The van der Waals surface area contributed by atoms with Crippen LogP contribution >= 0.6 is 0 Å². The normalized spacial score (nSPS) is 12.8. The SMILES string of the molecule is C.C.C.CC(C)(C)C(=O)CC1c2ccccc2-c2ccccc21.CC(C)(C)Cc1ccc(-n2cccn2)cc1.CC(C)(C)Cc1ccc2c(c1)OCCCO2.CC(C)(C)S(=O)(=O)CC(c1ccccc1)c1ccccc1.CCCCS(=O)(=O)C(C)(C)C.Cc1ccc(S(=O)(=O)C(C)(C)C)cc1.Cc1coc(C)c1S(=O)(=O)C(C)(C)C.Cc1nn(-c2ccccc2)nc1CC(C)(C)C. The van der Waals surface area contributed by atoms with Crippen LogP contribution in [0.15, 0.2) is 245 Å². The monoisotopic (exact) mass is 1880 g/mol. The largest absolute Gasteiger partial charge is 0.490 e. The summed E-state index contributed by atoms with van der Waals surface area (Å²) in [6.45, 7) is 57.8. The molecule has 11 aromatic rings. The fraction of sp³-hybridized carbons (Fsp3) is 0.477. The number of sulfone groups is 4. The molecule has 8 aromatic carbocycles. The number of unbranched alkanes of at least 4 members (excludes halogenated alkanes) is 1. The molecule has 0 spiro atoms. The molecule has 726 valence electrons. The van der Waals surface area contributed by atoms with Gasteiger partial charge in [-0.15, -0.1) is 0 Å². The number of furan rings is 1. The highest BCUT2D eigenvalue weighted by Crippen LogP contribution is 2.47. The van der Waals surface area contributed by atoms with E-state index < -0.39 is 58.3 Å². The van der Waals surface area contributed by atoms with Gasteiger partial charge >= 0.3 is 0 Å². The number of benzene rings is 8. The minimum atomic E-state index is -3.29. The molecule has 13 rings (SSSR count). The summed E-state index contributed by atoms with van der Waals surface area (Å²) >= 11 is 0. The summed E-state index contributed by atoms with van der Waals surface area (Å²) in [5.74, 6) is 3.13. The molecule has 0 fully saturated rings. The molecule has 2 aliphatic rings. The Morgan fingerprint density at radius 2 is 0.909 bits per heavy atom. The highest BCUT2D eigenvalue weighted by atomic mass is 32.2. The minimum absolute atomic E-state index is 0. The molecule has 1 aliphatic heterocycles. The van der Waals surface area contributed by atoms with Crippen LogP contribution in [0.4, 0.5) is 0 Å². The molecule has 0 N–H and O–H groups in total.